The molecule has 2 aromatic carbocycles. The molecule has 4 nitrogen and oxygen atoms in total. The van der Waals surface area contributed by atoms with Crippen molar-refractivity contribution in [3.8, 4) is 0 Å². The Hall–Kier alpha value is -2.34. The number of hydrogen-bond donors (Lipinski definition) is 1. The van der Waals surface area contributed by atoms with E-state index in [1.54, 1.807) is 6.92 Å². The van der Waals surface area contributed by atoms with Gasteiger partial charge in [-0.1, -0.05) is 18.2 Å². The average Bonchev–Trinajstić information content (AvgIpc) is 2.97. The fourth-order valence-electron chi connectivity index (χ4n) is 3.15. The third-order valence-corrected chi connectivity index (χ3v) is 5.65. The van der Waals surface area contributed by atoms with Gasteiger partial charge in [-0.05, 0) is 37.3 Å². The second-order valence-electron chi connectivity index (χ2n) is 5.55. The molecule has 2 aliphatic rings. The summed E-state index contributed by atoms with van der Waals surface area (Å²) in [7, 11) is 0. The number of carbonyl (C=O) groups is 2. The smallest absolute Gasteiger partial charge is 0.266 e. The van der Waals surface area contributed by atoms with Crippen LogP contribution in [0, 0.1) is 5.82 Å². The van der Waals surface area contributed by atoms with Gasteiger partial charge in [-0.15, -0.1) is 11.8 Å². The molecule has 2 heterocycles. The van der Waals surface area contributed by atoms with E-state index in [2.05, 4.69) is 5.32 Å². The van der Waals surface area contributed by atoms with Crippen molar-refractivity contribution in [1.29, 1.82) is 0 Å². The van der Waals surface area contributed by atoms with E-state index in [1.165, 1.54) is 40.9 Å². The highest BCUT2D eigenvalue weighted by molar-refractivity contribution is 8.03. The third-order valence-electron chi connectivity index (χ3n) is 4.16. The van der Waals surface area contributed by atoms with Crippen LogP contribution < -0.4 is 10.2 Å². The summed E-state index contributed by atoms with van der Waals surface area (Å²) in [6.07, 6.45) is 0. The Morgan fingerprint density at radius 2 is 1.83 bits per heavy atom. The zero-order chi connectivity index (χ0) is 16.2. The number of fused-ring (bicyclic) bond motifs is 2. The van der Waals surface area contributed by atoms with Crippen molar-refractivity contribution < 1.29 is 14.0 Å². The first-order valence-electron chi connectivity index (χ1n) is 7.22. The molecular formula is C17H13FN2O2S. The summed E-state index contributed by atoms with van der Waals surface area (Å²) < 4.78 is 13.2. The molecule has 0 aliphatic carbocycles. The molecule has 0 bridgehead atoms. The van der Waals surface area contributed by atoms with Crippen molar-refractivity contribution in [3.63, 3.8) is 0 Å². The summed E-state index contributed by atoms with van der Waals surface area (Å²) in [5.74, 6) is -0.786. The highest BCUT2D eigenvalue weighted by Gasteiger charge is 2.60. The van der Waals surface area contributed by atoms with Crippen LogP contribution in [0.5, 0.6) is 0 Å². The van der Waals surface area contributed by atoms with Gasteiger partial charge >= 0.3 is 0 Å². The van der Waals surface area contributed by atoms with Crippen LogP contribution in [0.3, 0.4) is 0 Å². The number of nitrogens with one attached hydrogen (secondary N) is 1. The third kappa shape index (κ3) is 1.84. The van der Waals surface area contributed by atoms with E-state index in [0.717, 1.165) is 5.56 Å². The molecule has 6 heteroatoms. The number of para-hydroxylation sites is 1. The SMILES string of the molecule is C[C@H]1S[C@@]2(C(=O)Nc3ccccc32)N(c2ccc(F)cc2)C1=O. The molecule has 116 valence electrons. The Kier molecular flexibility index (Phi) is 2.99. The van der Waals surface area contributed by atoms with Crippen molar-refractivity contribution in [2.75, 3.05) is 10.2 Å². The number of halogens is 1. The summed E-state index contributed by atoms with van der Waals surface area (Å²) in [4.78, 5) is 25.9. The molecule has 0 radical (unpaired) electrons. The summed E-state index contributed by atoms with van der Waals surface area (Å²) >= 11 is 1.31. The normalized spacial score (nSPS) is 25.8. The minimum absolute atomic E-state index is 0.159. The van der Waals surface area contributed by atoms with E-state index in [1.807, 2.05) is 24.3 Å². The van der Waals surface area contributed by atoms with Gasteiger partial charge in [0.05, 0.1) is 5.25 Å². The minimum Gasteiger partial charge on any atom is -0.323 e. The summed E-state index contributed by atoms with van der Waals surface area (Å²) in [5.41, 5.74) is 1.98. The molecular weight excluding hydrogens is 315 g/mol. The fraction of sp³-hybridized carbons (Fsp3) is 0.176. The number of hydrogen-bond acceptors (Lipinski definition) is 3. The van der Waals surface area contributed by atoms with Crippen molar-refractivity contribution in [1.82, 2.24) is 0 Å². The van der Waals surface area contributed by atoms with Crippen molar-refractivity contribution >= 4 is 35.0 Å². The fourth-order valence-corrected chi connectivity index (χ4v) is 4.63. The molecule has 2 amide bonds. The maximum atomic E-state index is 13.2. The maximum Gasteiger partial charge on any atom is 0.266 e. The molecule has 0 aromatic heterocycles. The highest BCUT2D eigenvalue weighted by Crippen LogP contribution is 2.55. The zero-order valence-electron chi connectivity index (χ0n) is 12.2. The molecule has 0 saturated carbocycles. The Bertz CT molecular complexity index is 824. The standard InChI is InChI=1S/C17H13FN2O2S/c1-10-15(21)20(12-8-6-11(18)7-9-12)17(23-10)13-4-2-3-5-14(13)19-16(17)22/h2-10H,1H3,(H,19,22)/t10-,17+/m1/s1. The number of nitrogens with zero attached hydrogens (tertiary/aromatic N) is 1. The van der Waals surface area contributed by atoms with Crippen LogP contribution in [-0.4, -0.2) is 17.1 Å². The number of anilines is 2. The van der Waals surface area contributed by atoms with Gasteiger partial charge in [0, 0.05) is 16.9 Å². The Labute approximate surface area is 136 Å². The van der Waals surface area contributed by atoms with Gasteiger partial charge < -0.3 is 5.32 Å². The first-order valence-corrected chi connectivity index (χ1v) is 8.10. The van der Waals surface area contributed by atoms with Gasteiger partial charge in [-0.25, -0.2) is 4.39 Å². The topological polar surface area (TPSA) is 49.4 Å². The van der Waals surface area contributed by atoms with E-state index < -0.39 is 4.87 Å². The predicted octanol–water partition coefficient (Wildman–Crippen LogP) is 3.10. The van der Waals surface area contributed by atoms with E-state index in [4.69, 9.17) is 0 Å². The Balaban J connectivity index is 1.94. The van der Waals surface area contributed by atoms with Crippen LogP contribution in [0.4, 0.5) is 15.8 Å². The molecule has 2 aromatic rings. The van der Waals surface area contributed by atoms with Crippen LogP contribution in [0.2, 0.25) is 0 Å². The van der Waals surface area contributed by atoms with Crippen LogP contribution >= 0.6 is 11.8 Å². The van der Waals surface area contributed by atoms with Gasteiger partial charge in [0.2, 0.25) is 10.8 Å². The van der Waals surface area contributed by atoms with Gasteiger partial charge in [-0.3, -0.25) is 14.5 Å². The van der Waals surface area contributed by atoms with Crippen LogP contribution in [0.1, 0.15) is 12.5 Å². The molecule has 2 atom stereocenters. The minimum atomic E-state index is -1.13. The molecule has 2 aliphatic heterocycles. The van der Waals surface area contributed by atoms with Gasteiger partial charge in [0.15, 0.2) is 0 Å². The Morgan fingerprint density at radius 1 is 1.13 bits per heavy atom. The van der Waals surface area contributed by atoms with Crippen LogP contribution in [0.25, 0.3) is 0 Å². The summed E-state index contributed by atoms with van der Waals surface area (Å²) in [6.45, 7) is 1.78. The number of thioether (sulfide) groups is 1. The van der Waals surface area contributed by atoms with Crippen molar-refractivity contribution in [2.45, 2.75) is 17.0 Å². The maximum absolute atomic E-state index is 13.2. The largest absolute Gasteiger partial charge is 0.323 e. The molecule has 1 saturated heterocycles. The molecule has 1 fully saturated rings. The lowest BCUT2D eigenvalue weighted by Gasteiger charge is -2.32. The van der Waals surface area contributed by atoms with Crippen LogP contribution in [0.15, 0.2) is 48.5 Å². The summed E-state index contributed by atoms with van der Waals surface area (Å²) in [6, 6.07) is 13.0. The monoisotopic (exact) mass is 328 g/mol. The second-order valence-corrected chi connectivity index (χ2v) is 7.09. The van der Waals surface area contributed by atoms with E-state index in [9.17, 15) is 14.0 Å². The number of rotatable bonds is 1. The lowest BCUT2D eigenvalue weighted by atomic mass is 10.0. The van der Waals surface area contributed by atoms with E-state index >= 15 is 0 Å². The van der Waals surface area contributed by atoms with Crippen LogP contribution in [-0.2, 0) is 14.5 Å². The van der Waals surface area contributed by atoms with Crippen molar-refractivity contribution in [2.24, 2.45) is 0 Å². The quantitative estimate of drug-likeness (QED) is 0.875. The van der Waals surface area contributed by atoms with Gasteiger partial charge in [0.25, 0.3) is 5.91 Å². The van der Waals surface area contributed by atoms with Gasteiger partial charge in [0.1, 0.15) is 5.82 Å². The molecule has 23 heavy (non-hydrogen) atoms. The number of amides is 2. The Morgan fingerprint density at radius 3 is 2.57 bits per heavy atom. The lowest BCUT2D eigenvalue weighted by Crippen LogP contribution is -2.47. The first kappa shape index (κ1) is 14.3. The molecule has 4 rings (SSSR count). The highest BCUT2D eigenvalue weighted by atomic mass is 32.2. The van der Waals surface area contributed by atoms with E-state index in [0.29, 0.717) is 11.4 Å². The van der Waals surface area contributed by atoms with Gasteiger partial charge in [-0.2, -0.15) is 0 Å². The molecule has 1 spiro atoms. The van der Waals surface area contributed by atoms with Crippen molar-refractivity contribution in [3.05, 3.63) is 59.9 Å². The second kappa shape index (κ2) is 4.83. The lowest BCUT2D eigenvalue weighted by molar-refractivity contribution is -0.122. The van der Waals surface area contributed by atoms with E-state index in [-0.39, 0.29) is 22.9 Å². The number of carbonyl (C=O) groups excluding carboxylic acids is 2. The first-order chi connectivity index (χ1) is 11.0. The molecule has 0 unspecified atom stereocenters. The molecule has 1 N–H and O–H groups in total. The number of benzene rings is 2. The predicted molar refractivity (Wildman–Crippen MR) is 87.7 cm³/mol. The summed E-state index contributed by atoms with van der Waals surface area (Å²) in [5, 5.41) is 2.49. The average molecular weight is 328 g/mol. The zero-order valence-corrected chi connectivity index (χ0v) is 13.1.